The standard InChI is InChI=1S/C4H12N2O4S2/c1-4-5-11(7,8)12(9,10)6(2)3/h5H,4H2,1-3H3. The molecule has 0 aromatic heterocycles. The molecule has 1 N–H and O–H groups in total. The Kier molecular flexibility index (Phi) is 3.63. The third-order valence-electron chi connectivity index (χ3n) is 1.05. The Morgan fingerprint density at radius 3 is 1.83 bits per heavy atom. The van der Waals surface area contributed by atoms with E-state index in [1.165, 1.54) is 6.92 Å². The van der Waals surface area contributed by atoms with Crippen molar-refractivity contribution < 1.29 is 16.8 Å². The topological polar surface area (TPSA) is 83.5 Å². The zero-order valence-corrected chi connectivity index (χ0v) is 8.74. The van der Waals surface area contributed by atoms with Gasteiger partial charge in [0.25, 0.3) is 0 Å². The maximum absolute atomic E-state index is 11.0. The summed E-state index contributed by atoms with van der Waals surface area (Å²) >= 11 is 0. The molecule has 0 rings (SSSR count). The van der Waals surface area contributed by atoms with Crippen LogP contribution in [0.5, 0.6) is 0 Å². The van der Waals surface area contributed by atoms with Gasteiger partial charge in [0.1, 0.15) is 0 Å². The normalized spacial score (nSPS) is 13.7. The van der Waals surface area contributed by atoms with Crippen molar-refractivity contribution in [1.82, 2.24) is 9.03 Å². The Bertz CT molecular complexity index is 328. The third-order valence-corrected chi connectivity index (χ3v) is 6.05. The van der Waals surface area contributed by atoms with Crippen molar-refractivity contribution in [2.45, 2.75) is 6.92 Å². The Morgan fingerprint density at radius 2 is 1.58 bits per heavy atom. The molecule has 0 heterocycles. The fourth-order valence-corrected chi connectivity index (χ4v) is 3.32. The van der Waals surface area contributed by atoms with E-state index in [1.54, 1.807) is 0 Å². The van der Waals surface area contributed by atoms with Crippen molar-refractivity contribution in [1.29, 1.82) is 0 Å². The first kappa shape index (κ1) is 11.8. The summed E-state index contributed by atoms with van der Waals surface area (Å²) in [6.45, 7) is 1.55. The minimum atomic E-state index is -4.26. The Morgan fingerprint density at radius 1 is 1.17 bits per heavy atom. The van der Waals surface area contributed by atoms with E-state index in [2.05, 4.69) is 0 Å². The molecule has 0 aromatic rings. The van der Waals surface area contributed by atoms with Gasteiger partial charge in [0.15, 0.2) is 0 Å². The van der Waals surface area contributed by atoms with E-state index in [0.29, 0.717) is 4.31 Å². The number of nitrogens with one attached hydrogen (secondary N) is 1. The van der Waals surface area contributed by atoms with Crippen LogP contribution in [0.4, 0.5) is 0 Å². The van der Waals surface area contributed by atoms with Gasteiger partial charge in [-0.05, 0) is 0 Å². The maximum Gasteiger partial charge on any atom is 0.333 e. The highest BCUT2D eigenvalue weighted by atomic mass is 33.2. The van der Waals surface area contributed by atoms with Crippen LogP contribution < -0.4 is 4.72 Å². The summed E-state index contributed by atoms with van der Waals surface area (Å²) in [5.74, 6) is 0. The first-order valence-corrected chi connectivity index (χ1v) is 6.62. The molecule has 0 radical (unpaired) electrons. The highest BCUT2D eigenvalue weighted by Crippen LogP contribution is 2.02. The van der Waals surface area contributed by atoms with E-state index in [4.69, 9.17) is 0 Å². The summed E-state index contributed by atoms with van der Waals surface area (Å²) in [6.07, 6.45) is 0. The molecule has 0 amide bonds. The van der Waals surface area contributed by atoms with Crippen molar-refractivity contribution in [2.24, 2.45) is 0 Å². The largest absolute Gasteiger partial charge is 0.333 e. The summed E-state index contributed by atoms with van der Waals surface area (Å²) in [5.41, 5.74) is 0. The Labute approximate surface area is 72.1 Å². The molecule has 0 saturated heterocycles. The van der Waals surface area contributed by atoms with Gasteiger partial charge in [-0.3, -0.25) is 0 Å². The minimum absolute atomic E-state index is 0.0510. The molecule has 6 nitrogen and oxygen atoms in total. The lowest BCUT2D eigenvalue weighted by Gasteiger charge is -2.10. The predicted molar refractivity (Wildman–Crippen MR) is 45.2 cm³/mol. The van der Waals surface area contributed by atoms with E-state index in [1.807, 2.05) is 4.72 Å². The van der Waals surface area contributed by atoms with Crippen LogP contribution in [0.25, 0.3) is 0 Å². The lowest BCUT2D eigenvalue weighted by molar-refractivity contribution is 0.524. The van der Waals surface area contributed by atoms with Crippen molar-refractivity contribution >= 4 is 18.1 Å². The van der Waals surface area contributed by atoms with E-state index >= 15 is 0 Å². The minimum Gasteiger partial charge on any atom is -0.201 e. The lowest BCUT2D eigenvalue weighted by atomic mass is 10.8. The highest BCUT2D eigenvalue weighted by Gasteiger charge is 2.30. The van der Waals surface area contributed by atoms with Gasteiger partial charge in [0, 0.05) is 20.6 Å². The highest BCUT2D eigenvalue weighted by molar-refractivity contribution is 8.65. The zero-order chi connectivity index (χ0) is 9.99. The fourth-order valence-electron chi connectivity index (χ4n) is 0.447. The smallest absolute Gasteiger partial charge is 0.201 e. The molecule has 74 valence electrons. The first-order chi connectivity index (χ1) is 5.25. The number of rotatable bonds is 4. The molecule has 0 saturated carbocycles. The second-order valence-corrected chi connectivity index (χ2v) is 7.55. The molecule has 0 aliphatic carbocycles. The van der Waals surface area contributed by atoms with Crippen LogP contribution in [0.3, 0.4) is 0 Å². The molecule has 0 aromatic carbocycles. The quantitative estimate of drug-likeness (QED) is 0.594. The van der Waals surface area contributed by atoms with Crippen LogP contribution in [-0.4, -0.2) is 41.8 Å². The van der Waals surface area contributed by atoms with Crippen LogP contribution in [0.2, 0.25) is 0 Å². The van der Waals surface area contributed by atoms with Gasteiger partial charge in [0.2, 0.25) is 0 Å². The summed E-state index contributed by atoms with van der Waals surface area (Å²) in [5, 5.41) is 0. The second kappa shape index (κ2) is 3.69. The Balaban J connectivity index is 5.07. The van der Waals surface area contributed by atoms with Gasteiger partial charge in [-0.1, -0.05) is 6.92 Å². The van der Waals surface area contributed by atoms with Gasteiger partial charge in [-0.25, -0.2) is 4.72 Å². The van der Waals surface area contributed by atoms with Crippen LogP contribution in [0, 0.1) is 0 Å². The monoisotopic (exact) mass is 216 g/mol. The van der Waals surface area contributed by atoms with Gasteiger partial charge in [-0.15, -0.1) is 0 Å². The van der Waals surface area contributed by atoms with Crippen molar-refractivity contribution in [3.05, 3.63) is 0 Å². The summed E-state index contributed by atoms with van der Waals surface area (Å²) in [6, 6.07) is 0. The van der Waals surface area contributed by atoms with E-state index < -0.39 is 18.1 Å². The average molecular weight is 216 g/mol. The van der Waals surface area contributed by atoms with Crippen molar-refractivity contribution in [3.8, 4) is 0 Å². The predicted octanol–water partition coefficient (Wildman–Crippen LogP) is -1.27. The summed E-state index contributed by atoms with van der Waals surface area (Å²) in [7, 11) is -6.19. The fraction of sp³-hybridized carbons (Fsp3) is 1.00. The van der Waals surface area contributed by atoms with Crippen LogP contribution >= 0.6 is 0 Å². The van der Waals surface area contributed by atoms with Gasteiger partial charge in [0.05, 0.1) is 0 Å². The van der Waals surface area contributed by atoms with Crippen molar-refractivity contribution in [3.63, 3.8) is 0 Å². The zero-order valence-electron chi connectivity index (χ0n) is 7.10. The van der Waals surface area contributed by atoms with Crippen LogP contribution in [-0.2, 0) is 18.1 Å². The van der Waals surface area contributed by atoms with Crippen molar-refractivity contribution in [2.75, 3.05) is 20.6 Å². The van der Waals surface area contributed by atoms with Gasteiger partial charge < -0.3 is 0 Å². The number of hydrogen-bond donors (Lipinski definition) is 1. The van der Waals surface area contributed by atoms with E-state index in [9.17, 15) is 16.8 Å². The van der Waals surface area contributed by atoms with Gasteiger partial charge >= 0.3 is 18.1 Å². The molecule has 0 unspecified atom stereocenters. The Hall–Kier alpha value is -0.180. The number of hydrogen-bond acceptors (Lipinski definition) is 4. The van der Waals surface area contributed by atoms with E-state index in [0.717, 1.165) is 14.1 Å². The van der Waals surface area contributed by atoms with Crippen LogP contribution in [0.1, 0.15) is 6.92 Å². The third kappa shape index (κ3) is 2.16. The SMILES string of the molecule is CCNS(=O)(=O)S(=O)(=O)N(C)C. The number of nitrogens with zero attached hydrogens (tertiary/aromatic N) is 1. The molecule has 12 heavy (non-hydrogen) atoms. The maximum atomic E-state index is 11.0. The molecule has 0 fully saturated rings. The second-order valence-electron chi connectivity index (χ2n) is 2.19. The molecule has 0 aliphatic rings. The van der Waals surface area contributed by atoms with Gasteiger partial charge in [-0.2, -0.15) is 21.1 Å². The molecular weight excluding hydrogens is 204 g/mol. The summed E-state index contributed by atoms with van der Waals surface area (Å²) in [4.78, 5) is 0. The van der Waals surface area contributed by atoms with E-state index in [-0.39, 0.29) is 6.54 Å². The first-order valence-electron chi connectivity index (χ1n) is 3.18. The molecule has 8 heteroatoms. The molecular formula is C4H12N2O4S2. The lowest BCUT2D eigenvalue weighted by Crippen LogP contribution is -2.38. The molecule has 0 aliphatic heterocycles. The van der Waals surface area contributed by atoms with Crippen LogP contribution in [0.15, 0.2) is 0 Å². The summed E-state index contributed by atoms with van der Waals surface area (Å²) < 4.78 is 46.5. The average Bonchev–Trinajstić information content (AvgIpc) is 1.86. The molecule has 0 bridgehead atoms. The molecule has 0 atom stereocenters. The molecule has 0 spiro atoms.